The molecule has 41 heavy (non-hydrogen) atoms. The minimum atomic E-state index is -1.44. The number of carboxylic acids is 1. The van der Waals surface area contributed by atoms with Crippen LogP contribution in [0, 0.1) is 0 Å². The molecule has 0 heterocycles. The van der Waals surface area contributed by atoms with Crippen LogP contribution in [0.4, 0.5) is 0 Å². The molecule has 0 radical (unpaired) electrons. The molecule has 0 aliphatic heterocycles. The Balaban J connectivity index is 6.32. The van der Waals surface area contributed by atoms with Crippen molar-refractivity contribution in [2.24, 2.45) is 11.5 Å². The van der Waals surface area contributed by atoms with Gasteiger partial charge in [0.25, 0.3) is 0 Å². The highest BCUT2D eigenvalue weighted by Crippen LogP contribution is 2.27. The molecule has 0 saturated heterocycles. The highest BCUT2D eigenvalue weighted by molar-refractivity contribution is 5.84. The number of carbonyl (C=O) groups excluding carboxylic acids is 3. The first-order valence-corrected chi connectivity index (χ1v) is 13.8. The molecule has 240 valence electrons. The van der Waals surface area contributed by atoms with Crippen LogP contribution in [0.15, 0.2) is 0 Å². The maximum atomic E-state index is 12.7. The predicted molar refractivity (Wildman–Crippen MR) is 149 cm³/mol. The topological polar surface area (TPSA) is 240 Å². The first-order valence-electron chi connectivity index (χ1n) is 13.8. The lowest BCUT2D eigenvalue weighted by Crippen LogP contribution is -2.63. The maximum Gasteiger partial charge on any atom is 0.317 e. The molecule has 0 bridgehead atoms. The first-order chi connectivity index (χ1) is 19.0. The summed E-state index contributed by atoms with van der Waals surface area (Å²) in [6.45, 7) is 7.21. The van der Waals surface area contributed by atoms with Crippen LogP contribution >= 0.6 is 0 Å². The second kappa shape index (κ2) is 18.2. The van der Waals surface area contributed by atoms with E-state index in [-0.39, 0.29) is 52.0 Å². The van der Waals surface area contributed by atoms with Crippen molar-refractivity contribution >= 4 is 23.8 Å². The molecule has 0 aromatic heterocycles. The minimum Gasteiger partial charge on any atom is -0.480 e. The van der Waals surface area contributed by atoms with Crippen molar-refractivity contribution in [3.8, 4) is 0 Å². The fourth-order valence-electron chi connectivity index (χ4n) is 5.23. The van der Waals surface area contributed by atoms with Crippen LogP contribution in [0.3, 0.4) is 0 Å². The molecule has 0 spiro atoms. The van der Waals surface area contributed by atoms with Crippen LogP contribution in [-0.4, -0.2) is 152 Å². The SMILES string of the molecule is CCN(CCN(CC(=O)O)CC(CCOC(C)=O)N(CC)C(C)(CC(O)CO)C(N)=O)C(C)(CC(O)CO)C(N)=O. The monoisotopic (exact) mass is 593 g/mol. The molecule has 0 aromatic rings. The number of carbonyl (C=O) groups is 4. The van der Waals surface area contributed by atoms with Gasteiger partial charge in [0.1, 0.15) is 5.54 Å². The van der Waals surface area contributed by atoms with Gasteiger partial charge in [0.05, 0.1) is 44.1 Å². The van der Waals surface area contributed by atoms with Gasteiger partial charge in [-0.3, -0.25) is 33.9 Å². The summed E-state index contributed by atoms with van der Waals surface area (Å²) >= 11 is 0. The molecule has 0 rings (SSSR count). The standard InChI is InChI=1S/C26H51N5O10/c1-6-30(25(4,23(27)39)12-20(35)16-32)10-9-29(15-22(37)38)14-19(8-11-41-18(3)34)31(7-2)26(5,24(28)40)13-21(36)17-33/h19-21,32-33,35-36H,6-17H2,1-5H3,(H2,27,39)(H2,28,40)(H,37,38). The molecule has 2 amide bonds. The number of carboxylic acid groups (broad SMARTS) is 1. The lowest BCUT2D eigenvalue weighted by atomic mass is 9.89. The molecule has 15 heteroatoms. The molecule has 5 unspecified atom stereocenters. The van der Waals surface area contributed by atoms with Gasteiger partial charge in [0.15, 0.2) is 0 Å². The normalized spacial score (nSPS) is 17.1. The number of primary amides is 2. The summed E-state index contributed by atoms with van der Waals surface area (Å²) in [5.41, 5.74) is 8.67. The molecule has 0 fully saturated rings. The molecule has 9 N–H and O–H groups in total. The second-order valence-corrected chi connectivity index (χ2v) is 10.6. The van der Waals surface area contributed by atoms with Crippen molar-refractivity contribution in [3.63, 3.8) is 0 Å². The van der Waals surface area contributed by atoms with Crippen molar-refractivity contribution in [2.75, 3.05) is 59.1 Å². The average molecular weight is 594 g/mol. The van der Waals surface area contributed by atoms with Gasteiger partial charge in [-0.2, -0.15) is 0 Å². The van der Waals surface area contributed by atoms with Gasteiger partial charge in [-0.1, -0.05) is 13.8 Å². The summed E-state index contributed by atoms with van der Waals surface area (Å²) in [5, 5.41) is 48.6. The van der Waals surface area contributed by atoms with Crippen molar-refractivity contribution in [1.29, 1.82) is 0 Å². The number of aliphatic carboxylic acids is 1. The van der Waals surface area contributed by atoms with Gasteiger partial charge in [0, 0.05) is 45.4 Å². The number of esters is 1. The lowest BCUT2D eigenvalue weighted by Gasteiger charge is -2.46. The molecule has 0 saturated carbocycles. The first kappa shape index (κ1) is 38.6. The van der Waals surface area contributed by atoms with Crippen molar-refractivity contribution in [2.45, 2.75) is 83.2 Å². The number of hydrogen-bond acceptors (Lipinski definition) is 12. The molecular formula is C26H51N5O10. The van der Waals surface area contributed by atoms with Gasteiger partial charge in [-0.25, -0.2) is 0 Å². The minimum absolute atomic E-state index is 0.0330. The van der Waals surface area contributed by atoms with Crippen LogP contribution in [0.25, 0.3) is 0 Å². The van der Waals surface area contributed by atoms with Gasteiger partial charge in [-0.15, -0.1) is 0 Å². The zero-order valence-electron chi connectivity index (χ0n) is 25.0. The van der Waals surface area contributed by atoms with Crippen molar-refractivity contribution in [1.82, 2.24) is 14.7 Å². The molecule has 5 atom stereocenters. The Morgan fingerprint density at radius 1 is 0.878 bits per heavy atom. The Labute approximate surface area is 242 Å². The number of nitrogens with zero attached hydrogens (tertiary/aromatic N) is 3. The van der Waals surface area contributed by atoms with Gasteiger partial charge in [0.2, 0.25) is 11.8 Å². The maximum absolute atomic E-state index is 12.7. The number of aliphatic hydroxyl groups excluding tert-OH is 4. The predicted octanol–water partition coefficient (Wildman–Crippen LogP) is -2.69. The van der Waals surface area contributed by atoms with E-state index in [1.165, 1.54) is 13.8 Å². The van der Waals surface area contributed by atoms with E-state index in [1.807, 2.05) is 0 Å². The molecule has 0 aliphatic carbocycles. The van der Waals surface area contributed by atoms with Crippen molar-refractivity contribution < 1.29 is 49.4 Å². The van der Waals surface area contributed by atoms with E-state index in [9.17, 15) is 44.7 Å². The summed E-state index contributed by atoms with van der Waals surface area (Å²) < 4.78 is 5.13. The van der Waals surface area contributed by atoms with Crippen molar-refractivity contribution in [3.05, 3.63) is 0 Å². The second-order valence-electron chi connectivity index (χ2n) is 10.6. The number of likely N-dealkylation sites (N-methyl/N-ethyl adjacent to an activating group) is 2. The van der Waals surface area contributed by atoms with Crippen LogP contribution < -0.4 is 11.5 Å². The molecule has 0 aromatic carbocycles. The summed E-state index contributed by atoms with van der Waals surface area (Å²) in [5.74, 6) is -3.12. The summed E-state index contributed by atoms with van der Waals surface area (Å²) in [6, 6.07) is -0.587. The third-order valence-corrected chi connectivity index (χ3v) is 7.51. The van der Waals surface area contributed by atoms with E-state index in [2.05, 4.69) is 0 Å². The third kappa shape index (κ3) is 12.2. The van der Waals surface area contributed by atoms with E-state index >= 15 is 0 Å². The highest BCUT2D eigenvalue weighted by atomic mass is 16.5. The van der Waals surface area contributed by atoms with E-state index < -0.39 is 72.8 Å². The van der Waals surface area contributed by atoms with Crippen LogP contribution in [0.5, 0.6) is 0 Å². The van der Waals surface area contributed by atoms with E-state index in [0.29, 0.717) is 6.54 Å². The van der Waals surface area contributed by atoms with E-state index in [0.717, 1.165) is 0 Å². The zero-order chi connectivity index (χ0) is 32.0. The number of amides is 2. The summed E-state index contributed by atoms with van der Waals surface area (Å²) in [4.78, 5) is 53.3. The molecule has 0 aliphatic rings. The number of aliphatic hydroxyl groups is 4. The number of ether oxygens (including phenoxy) is 1. The fourth-order valence-corrected chi connectivity index (χ4v) is 5.23. The Morgan fingerprint density at radius 2 is 1.39 bits per heavy atom. The van der Waals surface area contributed by atoms with Crippen LogP contribution in [0.2, 0.25) is 0 Å². The van der Waals surface area contributed by atoms with Gasteiger partial charge >= 0.3 is 11.9 Å². The van der Waals surface area contributed by atoms with Crippen LogP contribution in [0.1, 0.15) is 53.9 Å². The smallest absolute Gasteiger partial charge is 0.317 e. The van der Waals surface area contributed by atoms with Gasteiger partial charge in [-0.05, 0) is 33.4 Å². The zero-order valence-corrected chi connectivity index (χ0v) is 25.0. The Morgan fingerprint density at radius 3 is 1.78 bits per heavy atom. The van der Waals surface area contributed by atoms with E-state index in [1.54, 1.807) is 35.5 Å². The fraction of sp³-hybridized carbons (Fsp3) is 0.846. The summed E-state index contributed by atoms with van der Waals surface area (Å²) in [7, 11) is 0. The van der Waals surface area contributed by atoms with Crippen LogP contribution in [-0.2, 0) is 23.9 Å². The number of hydrogen-bond donors (Lipinski definition) is 7. The Bertz CT molecular complexity index is 849. The summed E-state index contributed by atoms with van der Waals surface area (Å²) in [6.07, 6.45) is -2.57. The largest absolute Gasteiger partial charge is 0.480 e. The lowest BCUT2D eigenvalue weighted by molar-refractivity contribution is -0.143. The molecule has 15 nitrogen and oxygen atoms in total. The highest BCUT2D eigenvalue weighted by Gasteiger charge is 2.43. The Kier molecular flexibility index (Phi) is 17.1. The Hall–Kier alpha value is -2.40. The quantitative estimate of drug-likeness (QED) is 0.0598. The number of nitrogens with two attached hydrogens (primary N) is 2. The van der Waals surface area contributed by atoms with Gasteiger partial charge < -0.3 is 41.7 Å². The number of rotatable bonds is 23. The molecular weight excluding hydrogens is 542 g/mol. The average Bonchev–Trinajstić information content (AvgIpc) is 2.87. The van der Waals surface area contributed by atoms with E-state index in [4.69, 9.17) is 16.2 Å². The third-order valence-electron chi connectivity index (χ3n) is 7.51.